The van der Waals surface area contributed by atoms with E-state index in [1.807, 2.05) is 18.9 Å². The number of carbonyl (C=O) groups is 1. The number of nitrogens with zero attached hydrogens (tertiary/aromatic N) is 3. The molecule has 0 saturated heterocycles. The van der Waals surface area contributed by atoms with Crippen LogP contribution >= 0.6 is 0 Å². The van der Waals surface area contributed by atoms with Gasteiger partial charge in [0.1, 0.15) is 11.6 Å². The lowest BCUT2D eigenvalue weighted by molar-refractivity contribution is -0.119. The Morgan fingerprint density at radius 1 is 1.29 bits per heavy atom. The monoisotopic (exact) mass is 429 g/mol. The van der Waals surface area contributed by atoms with Gasteiger partial charge in [-0.15, -0.1) is 0 Å². The average molecular weight is 430 g/mol. The third-order valence-corrected chi connectivity index (χ3v) is 5.98. The van der Waals surface area contributed by atoms with Crippen LogP contribution in [-0.2, 0) is 11.2 Å². The predicted octanol–water partition coefficient (Wildman–Crippen LogP) is 3.59. The second-order valence-electron chi connectivity index (χ2n) is 8.81. The number of rotatable bonds is 8. The summed E-state index contributed by atoms with van der Waals surface area (Å²) in [6.07, 6.45) is -1.38. The number of carbonyl (C=O) groups excluding carboxylic acids is 1. The maximum absolute atomic E-state index is 14.2. The van der Waals surface area contributed by atoms with Gasteiger partial charge in [0.25, 0.3) is 0 Å². The molecule has 1 aromatic carbocycles. The molecule has 0 spiro atoms. The number of ketones is 1. The van der Waals surface area contributed by atoms with E-state index in [4.69, 9.17) is 9.97 Å². The van der Waals surface area contributed by atoms with E-state index in [1.54, 1.807) is 6.07 Å². The fraction of sp³-hybridized carbons (Fsp3) is 0.542. The lowest BCUT2D eigenvalue weighted by Gasteiger charge is -2.33. The quantitative estimate of drug-likeness (QED) is 0.667. The molecule has 31 heavy (non-hydrogen) atoms. The minimum absolute atomic E-state index is 0.0105. The molecule has 0 aliphatic heterocycles. The summed E-state index contributed by atoms with van der Waals surface area (Å²) in [5.41, 5.74) is 4.09. The summed E-state index contributed by atoms with van der Waals surface area (Å²) in [6.45, 7) is 8.33. The van der Waals surface area contributed by atoms with Crippen molar-refractivity contribution >= 4 is 11.7 Å². The summed E-state index contributed by atoms with van der Waals surface area (Å²) in [6, 6.07) is 4.56. The minimum Gasteiger partial charge on any atom is -0.393 e. The second kappa shape index (κ2) is 9.40. The maximum Gasteiger partial charge on any atom is 0.225 e. The van der Waals surface area contributed by atoms with E-state index >= 15 is 0 Å². The van der Waals surface area contributed by atoms with Gasteiger partial charge in [-0.05, 0) is 49.9 Å². The Kier molecular flexibility index (Phi) is 7.06. The maximum atomic E-state index is 14.2. The fourth-order valence-corrected chi connectivity index (χ4v) is 4.29. The fourth-order valence-electron chi connectivity index (χ4n) is 4.29. The summed E-state index contributed by atoms with van der Waals surface area (Å²) in [5.74, 6) is -0.174. The van der Waals surface area contributed by atoms with Gasteiger partial charge in [0.2, 0.25) is 5.95 Å². The van der Waals surface area contributed by atoms with Crippen LogP contribution in [0.3, 0.4) is 0 Å². The highest BCUT2D eigenvalue weighted by Gasteiger charge is 2.35. The topological polar surface area (TPSA) is 86.6 Å². The van der Waals surface area contributed by atoms with Gasteiger partial charge in [-0.1, -0.05) is 13.8 Å². The molecule has 0 unspecified atom stereocenters. The van der Waals surface area contributed by atoms with Crippen LogP contribution in [0.25, 0.3) is 11.3 Å². The Balaban J connectivity index is 2.10. The number of aliphatic hydroxyl groups is 2. The number of hydrogen-bond donors (Lipinski definition) is 2. The number of hydrogen-bond acceptors (Lipinski definition) is 6. The molecule has 168 valence electrons. The number of aromatic nitrogens is 2. The molecule has 0 amide bonds. The van der Waals surface area contributed by atoms with Crippen molar-refractivity contribution in [1.82, 2.24) is 9.97 Å². The normalized spacial score (nSPS) is 17.1. The molecular weight excluding hydrogens is 397 g/mol. The lowest BCUT2D eigenvalue weighted by Crippen LogP contribution is -2.30. The van der Waals surface area contributed by atoms with E-state index in [2.05, 4.69) is 13.8 Å². The number of fused-ring (bicyclic) bond motifs is 3. The van der Waals surface area contributed by atoms with Gasteiger partial charge >= 0.3 is 0 Å². The van der Waals surface area contributed by atoms with Crippen molar-refractivity contribution in [2.45, 2.75) is 71.0 Å². The first kappa shape index (κ1) is 23.3. The van der Waals surface area contributed by atoms with Crippen LogP contribution in [0.15, 0.2) is 18.2 Å². The SMILES string of the molecule is CCN(C)c1nc2c(c(C(C)C)n1)C[C@H]([C@@H](O)C[C@@H](O)CC(C)=O)c1cc(F)ccc1-2. The molecule has 1 aliphatic carbocycles. The predicted molar refractivity (Wildman–Crippen MR) is 119 cm³/mol. The first-order chi connectivity index (χ1) is 14.6. The van der Waals surface area contributed by atoms with Crippen molar-refractivity contribution in [3.05, 3.63) is 40.8 Å². The third-order valence-electron chi connectivity index (χ3n) is 5.98. The molecule has 2 aromatic rings. The molecule has 2 N–H and O–H groups in total. The van der Waals surface area contributed by atoms with Crippen molar-refractivity contribution in [2.75, 3.05) is 18.5 Å². The van der Waals surface area contributed by atoms with E-state index in [9.17, 15) is 19.4 Å². The highest BCUT2D eigenvalue weighted by Crippen LogP contribution is 2.44. The molecule has 1 aromatic heterocycles. The van der Waals surface area contributed by atoms with E-state index in [0.717, 1.165) is 29.1 Å². The second-order valence-corrected chi connectivity index (χ2v) is 8.81. The average Bonchev–Trinajstić information content (AvgIpc) is 2.70. The molecule has 1 aliphatic rings. The molecule has 0 bridgehead atoms. The summed E-state index contributed by atoms with van der Waals surface area (Å²) in [4.78, 5) is 22.9. The number of halogens is 1. The number of Topliss-reactive ketones (excluding diaryl/α,β-unsaturated/α-hetero) is 1. The molecular formula is C24H32FN3O3. The molecule has 7 heteroatoms. The number of aliphatic hydroxyl groups excluding tert-OH is 2. The lowest BCUT2D eigenvalue weighted by atomic mass is 9.75. The van der Waals surface area contributed by atoms with Crippen LogP contribution in [-0.4, -0.2) is 51.8 Å². The zero-order valence-electron chi connectivity index (χ0n) is 18.9. The summed E-state index contributed by atoms with van der Waals surface area (Å²) in [7, 11) is 1.93. The molecule has 6 nitrogen and oxygen atoms in total. The van der Waals surface area contributed by atoms with Gasteiger partial charge in [-0.3, -0.25) is 4.79 Å². The third kappa shape index (κ3) is 4.93. The summed E-state index contributed by atoms with van der Waals surface area (Å²) >= 11 is 0. The van der Waals surface area contributed by atoms with Crippen molar-refractivity contribution < 1.29 is 19.4 Å². The van der Waals surface area contributed by atoms with Crippen molar-refractivity contribution in [1.29, 1.82) is 0 Å². The Bertz CT molecular complexity index is 963. The Morgan fingerprint density at radius 3 is 2.61 bits per heavy atom. The Hall–Kier alpha value is -2.38. The highest BCUT2D eigenvalue weighted by atomic mass is 19.1. The number of benzene rings is 1. The molecule has 0 fully saturated rings. The van der Waals surface area contributed by atoms with Crippen molar-refractivity contribution in [3.8, 4) is 11.3 Å². The van der Waals surface area contributed by atoms with Crippen LogP contribution in [0, 0.1) is 5.82 Å². The molecule has 3 atom stereocenters. The van der Waals surface area contributed by atoms with Crippen LogP contribution in [0.4, 0.5) is 10.3 Å². The smallest absolute Gasteiger partial charge is 0.225 e. The standard InChI is InChI=1S/C24H32FN3O3/c1-6-28(5)24-26-22(13(2)3)20-12-19(21(31)11-16(30)9-14(4)29)18-10-15(25)7-8-17(18)23(20)27-24/h7-8,10,13,16,19,21,30-31H,6,9,11-12H2,1-5H3/t16-,19-,21-/m0/s1. The Labute approximate surface area is 183 Å². The van der Waals surface area contributed by atoms with Crippen LogP contribution in [0.5, 0.6) is 0 Å². The van der Waals surface area contributed by atoms with Gasteiger partial charge in [-0.2, -0.15) is 0 Å². The first-order valence-electron chi connectivity index (χ1n) is 10.9. The molecule has 1 heterocycles. The zero-order valence-corrected chi connectivity index (χ0v) is 18.9. The molecule has 3 rings (SSSR count). The minimum atomic E-state index is -0.938. The van der Waals surface area contributed by atoms with Crippen LogP contribution in [0.2, 0.25) is 0 Å². The van der Waals surface area contributed by atoms with Gasteiger partial charge in [0.15, 0.2) is 0 Å². The van der Waals surface area contributed by atoms with Crippen molar-refractivity contribution in [2.24, 2.45) is 0 Å². The zero-order chi connectivity index (χ0) is 22.9. The first-order valence-corrected chi connectivity index (χ1v) is 10.9. The molecule has 0 saturated carbocycles. The van der Waals surface area contributed by atoms with Gasteiger partial charge in [-0.25, -0.2) is 14.4 Å². The van der Waals surface area contributed by atoms with Gasteiger partial charge in [0.05, 0.1) is 23.6 Å². The van der Waals surface area contributed by atoms with Crippen LogP contribution < -0.4 is 4.90 Å². The molecule has 0 radical (unpaired) electrons. The number of anilines is 1. The van der Waals surface area contributed by atoms with E-state index in [-0.39, 0.29) is 30.4 Å². The highest BCUT2D eigenvalue weighted by molar-refractivity contribution is 5.76. The van der Waals surface area contributed by atoms with E-state index in [1.165, 1.54) is 19.1 Å². The van der Waals surface area contributed by atoms with Crippen molar-refractivity contribution in [3.63, 3.8) is 0 Å². The Morgan fingerprint density at radius 2 is 2.00 bits per heavy atom. The van der Waals surface area contributed by atoms with E-state index < -0.39 is 18.1 Å². The summed E-state index contributed by atoms with van der Waals surface area (Å²) in [5, 5.41) is 21.2. The largest absolute Gasteiger partial charge is 0.393 e. The van der Waals surface area contributed by atoms with Gasteiger partial charge < -0.3 is 15.1 Å². The van der Waals surface area contributed by atoms with Crippen LogP contribution in [0.1, 0.15) is 69.2 Å². The summed E-state index contributed by atoms with van der Waals surface area (Å²) < 4.78 is 14.2. The van der Waals surface area contributed by atoms with Gasteiger partial charge in [0, 0.05) is 43.5 Å². The van der Waals surface area contributed by atoms with E-state index in [0.29, 0.717) is 17.9 Å².